The number of hydrogen-bond donors (Lipinski definition) is 2. The molecule has 96 valence electrons. The Morgan fingerprint density at radius 1 is 1.61 bits per heavy atom. The highest BCUT2D eigenvalue weighted by Gasteiger charge is 2.22. The number of piperidine rings is 1. The zero-order chi connectivity index (χ0) is 13.1. The van der Waals surface area contributed by atoms with E-state index in [0.29, 0.717) is 23.9 Å². The van der Waals surface area contributed by atoms with Gasteiger partial charge in [0.1, 0.15) is 0 Å². The third kappa shape index (κ3) is 2.95. The molecule has 1 aromatic rings. The highest BCUT2D eigenvalue weighted by Crippen LogP contribution is 2.26. The Labute approximate surface area is 111 Å². The Hall–Kier alpha value is -1.70. The van der Waals surface area contributed by atoms with Crippen LogP contribution in [0.25, 0.3) is 0 Å². The molecule has 2 rings (SSSR count). The van der Waals surface area contributed by atoms with Gasteiger partial charge in [-0.1, -0.05) is 0 Å². The maximum absolute atomic E-state index is 11.0. The quantitative estimate of drug-likeness (QED) is 0.650. The fraction of sp³-hybridized carbons (Fsp3) is 0.400. The van der Waals surface area contributed by atoms with E-state index in [9.17, 15) is 14.9 Å². The Kier molecular flexibility index (Phi) is 3.75. The topological polar surface area (TPSA) is 97.2 Å². The van der Waals surface area contributed by atoms with E-state index in [2.05, 4.69) is 31.5 Å². The van der Waals surface area contributed by atoms with E-state index in [1.165, 1.54) is 12.3 Å². The number of nitrogens with one attached hydrogen (secondary N) is 2. The summed E-state index contributed by atoms with van der Waals surface area (Å²) in [5, 5.41) is 16.6. The largest absolute Gasteiger partial charge is 0.360 e. The molecule has 1 aliphatic heterocycles. The van der Waals surface area contributed by atoms with Crippen LogP contribution in [0.5, 0.6) is 0 Å². The van der Waals surface area contributed by atoms with Gasteiger partial charge in [-0.25, -0.2) is 4.98 Å². The van der Waals surface area contributed by atoms with Crippen molar-refractivity contribution in [1.82, 2.24) is 10.3 Å². The minimum absolute atomic E-state index is 0.00585. The molecule has 1 saturated heterocycles. The van der Waals surface area contributed by atoms with E-state index in [0.717, 1.165) is 0 Å². The zero-order valence-electron chi connectivity index (χ0n) is 9.35. The molecule has 7 nitrogen and oxygen atoms in total. The molecule has 8 heteroatoms. The van der Waals surface area contributed by atoms with Crippen molar-refractivity contribution in [3.8, 4) is 0 Å². The summed E-state index contributed by atoms with van der Waals surface area (Å²) in [5.74, 6) is 0.232. The van der Waals surface area contributed by atoms with Gasteiger partial charge in [0.2, 0.25) is 11.7 Å². The molecule has 1 fully saturated rings. The second-order valence-electron chi connectivity index (χ2n) is 3.96. The molecule has 2 heterocycles. The van der Waals surface area contributed by atoms with Crippen molar-refractivity contribution in [1.29, 1.82) is 0 Å². The Morgan fingerprint density at radius 2 is 2.39 bits per heavy atom. The van der Waals surface area contributed by atoms with Crippen LogP contribution in [-0.4, -0.2) is 28.4 Å². The van der Waals surface area contributed by atoms with Crippen LogP contribution in [0.15, 0.2) is 16.7 Å². The van der Waals surface area contributed by atoms with Gasteiger partial charge < -0.3 is 10.6 Å². The average Bonchev–Trinajstić information content (AvgIpc) is 2.34. The van der Waals surface area contributed by atoms with Crippen LogP contribution in [0.1, 0.15) is 12.8 Å². The number of nitrogens with zero attached hydrogens (tertiary/aromatic N) is 2. The molecule has 2 N–H and O–H groups in total. The molecule has 1 aromatic heterocycles. The summed E-state index contributed by atoms with van der Waals surface area (Å²) in [6, 6.07) is 1.37. The third-order valence-corrected chi connectivity index (χ3v) is 3.07. The van der Waals surface area contributed by atoms with Crippen molar-refractivity contribution in [2.24, 2.45) is 0 Å². The zero-order valence-corrected chi connectivity index (χ0v) is 10.9. The highest BCUT2D eigenvalue weighted by molar-refractivity contribution is 9.10. The lowest BCUT2D eigenvalue weighted by Crippen LogP contribution is -2.42. The van der Waals surface area contributed by atoms with Crippen LogP contribution < -0.4 is 10.6 Å². The normalized spacial score (nSPS) is 19.2. The first-order valence-corrected chi connectivity index (χ1v) is 6.18. The maximum atomic E-state index is 11.0. The monoisotopic (exact) mass is 314 g/mol. The second-order valence-corrected chi connectivity index (χ2v) is 4.88. The lowest BCUT2D eigenvalue weighted by atomic mass is 10.1. The Balaban J connectivity index is 2.13. The van der Waals surface area contributed by atoms with Gasteiger partial charge in [-0.3, -0.25) is 14.9 Å². The first kappa shape index (κ1) is 12.7. The van der Waals surface area contributed by atoms with Crippen molar-refractivity contribution < 1.29 is 9.72 Å². The van der Waals surface area contributed by atoms with Gasteiger partial charge in [-0.15, -0.1) is 0 Å². The van der Waals surface area contributed by atoms with E-state index >= 15 is 0 Å². The molecule has 0 bridgehead atoms. The summed E-state index contributed by atoms with van der Waals surface area (Å²) in [7, 11) is 0. The molecule has 18 heavy (non-hydrogen) atoms. The summed E-state index contributed by atoms with van der Waals surface area (Å²) in [6.45, 7) is 0.452. The smallest absolute Gasteiger partial charge is 0.312 e. The van der Waals surface area contributed by atoms with Gasteiger partial charge in [0.05, 0.1) is 4.92 Å². The molecular formula is C10H11BrN4O3. The number of pyridine rings is 1. The Bertz CT molecular complexity index is 484. The highest BCUT2D eigenvalue weighted by atomic mass is 79.9. The molecule has 1 unspecified atom stereocenters. The Morgan fingerprint density at radius 3 is 3.00 bits per heavy atom. The van der Waals surface area contributed by atoms with Gasteiger partial charge in [-0.2, -0.15) is 0 Å². The van der Waals surface area contributed by atoms with Crippen LogP contribution >= 0.6 is 15.9 Å². The molecular weight excluding hydrogens is 304 g/mol. The summed E-state index contributed by atoms with van der Waals surface area (Å²) in [5.41, 5.74) is -0.0822. The van der Waals surface area contributed by atoms with Crippen molar-refractivity contribution in [3.05, 3.63) is 26.9 Å². The number of carbonyl (C=O) groups excluding carboxylic acids is 1. The van der Waals surface area contributed by atoms with Gasteiger partial charge >= 0.3 is 5.69 Å². The number of aromatic nitrogens is 1. The van der Waals surface area contributed by atoms with Gasteiger partial charge in [0.15, 0.2) is 0 Å². The molecule has 0 saturated carbocycles. The molecule has 0 aliphatic carbocycles. The lowest BCUT2D eigenvalue weighted by Gasteiger charge is -2.23. The predicted molar refractivity (Wildman–Crippen MR) is 68.2 cm³/mol. The van der Waals surface area contributed by atoms with Crippen LogP contribution in [0, 0.1) is 10.1 Å². The second kappa shape index (κ2) is 5.30. The van der Waals surface area contributed by atoms with Crippen molar-refractivity contribution >= 4 is 33.3 Å². The fourth-order valence-corrected chi connectivity index (χ4v) is 2.05. The van der Waals surface area contributed by atoms with Crippen molar-refractivity contribution in [2.75, 3.05) is 11.9 Å². The number of nitro groups is 1. The number of rotatable bonds is 3. The number of carbonyl (C=O) groups is 1. The van der Waals surface area contributed by atoms with Crippen molar-refractivity contribution in [2.45, 2.75) is 18.9 Å². The summed E-state index contributed by atoms with van der Waals surface area (Å²) in [4.78, 5) is 25.4. The van der Waals surface area contributed by atoms with Crippen LogP contribution in [0.2, 0.25) is 0 Å². The molecule has 1 amide bonds. The standard InChI is InChI=1S/C10H11BrN4O3/c11-6-3-8(15(17)18)10(13-4-6)14-7-1-2-9(16)12-5-7/h3-4,7H,1-2,5H2,(H,12,16)(H,13,14). The van der Waals surface area contributed by atoms with E-state index in [4.69, 9.17) is 0 Å². The van der Waals surface area contributed by atoms with Gasteiger partial charge in [-0.05, 0) is 22.4 Å². The van der Waals surface area contributed by atoms with Gasteiger partial charge in [0, 0.05) is 35.7 Å². The summed E-state index contributed by atoms with van der Waals surface area (Å²) >= 11 is 3.15. The summed E-state index contributed by atoms with van der Waals surface area (Å²) < 4.78 is 0.552. The molecule has 1 atom stereocenters. The fourth-order valence-electron chi connectivity index (χ4n) is 1.73. The minimum atomic E-state index is -0.485. The maximum Gasteiger partial charge on any atom is 0.312 e. The molecule has 0 spiro atoms. The first-order valence-electron chi connectivity index (χ1n) is 5.39. The average molecular weight is 315 g/mol. The van der Waals surface area contributed by atoms with Gasteiger partial charge in [0.25, 0.3) is 0 Å². The summed E-state index contributed by atoms with van der Waals surface area (Å²) in [6.07, 6.45) is 2.56. The van der Waals surface area contributed by atoms with E-state index in [-0.39, 0.29) is 23.5 Å². The number of hydrogen-bond acceptors (Lipinski definition) is 5. The third-order valence-electron chi connectivity index (χ3n) is 2.64. The van der Waals surface area contributed by atoms with E-state index < -0.39 is 4.92 Å². The number of halogens is 1. The lowest BCUT2D eigenvalue weighted by molar-refractivity contribution is -0.384. The van der Waals surface area contributed by atoms with Crippen LogP contribution in [-0.2, 0) is 4.79 Å². The van der Waals surface area contributed by atoms with Crippen LogP contribution in [0.4, 0.5) is 11.5 Å². The predicted octanol–water partition coefficient (Wildman–Crippen LogP) is 1.44. The molecule has 1 aliphatic rings. The van der Waals surface area contributed by atoms with E-state index in [1.807, 2.05) is 0 Å². The van der Waals surface area contributed by atoms with Crippen molar-refractivity contribution in [3.63, 3.8) is 0 Å². The molecule has 0 aromatic carbocycles. The number of amides is 1. The minimum Gasteiger partial charge on any atom is -0.360 e. The van der Waals surface area contributed by atoms with Crippen LogP contribution in [0.3, 0.4) is 0 Å². The number of anilines is 1. The van der Waals surface area contributed by atoms with E-state index in [1.54, 1.807) is 0 Å². The SMILES string of the molecule is O=C1CCC(Nc2ncc(Br)cc2[N+](=O)[O-])CN1. The molecule has 0 radical (unpaired) electrons. The first-order chi connectivity index (χ1) is 8.56.